The number of rotatable bonds is 5. The average molecular weight is 372 g/mol. The number of carbonyl (C=O) groups is 2. The molecule has 1 aromatic heterocycles. The molecule has 0 bridgehead atoms. The average Bonchev–Trinajstić information content (AvgIpc) is 3.10. The predicted molar refractivity (Wildman–Crippen MR) is 102 cm³/mol. The number of likely N-dealkylation sites (tertiary alicyclic amines) is 1. The third-order valence-electron chi connectivity index (χ3n) is 4.88. The zero-order chi connectivity index (χ0) is 18.7. The number of primary amides is 1. The van der Waals surface area contributed by atoms with Gasteiger partial charge in [-0.15, -0.1) is 0 Å². The number of aryl methyl sites for hydroxylation is 2. The first-order valence-corrected chi connectivity index (χ1v) is 9.75. The van der Waals surface area contributed by atoms with Gasteiger partial charge >= 0.3 is 0 Å². The summed E-state index contributed by atoms with van der Waals surface area (Å²) in [4.78, 5) is 30.0. The smallest absolute Gasteiger partial charge is 0.233 e. The van der Waals surface area contributed by atoms with E-state index in [9.17, 15) is 9.59 Å². The molecule has 2 N–H and O–H groups in total. The van der Waals surface area contributed by atoms with Gasteiger partial charge in [0.25, 0.3) is 0 Å². The van der Waals surface area contributed by atoms with E-state index in [1.807, 2.05) is 10.8 Å². The lowest BCUT2D eigenvalue weighted by Gasteiger charge is -2.31. The normalized spacial score (nSPS) is 17.3. The van der Waals surface area contributed by atoms with Gasteiger partial charge in [-0.2, -0.15) is 0 Å². The number of nitrogens with two attached hydrogens (primary N) is 1. The number of benzene rings is 1. The summed E-state index contributed by atoms with van der Waals surface area (Å²) in [6, 6.07) is 6.25. The van der Waals surface area contributed by atoms with Crippen molar-refractivity contribution >= 4 is 23.6 Å². The third kappa shape index (κ3) is 4.09. The van der Waals surface area contributed by atoms with Crippen LogP contribution in [0, 0.1) is 19.8 Å². The van der Waals surface area contributed by atoms with Crippen molar-refractivity contribution in [1.82, 2.24) is 14.5 Å². The van der Waals surface area contributed by atoms with Gasteiger partial charge in [-0.05, 0) is 49.9 Å². The molecular weight excluding hydrogens is 348 g/mol. The van der Waals surface area contributed by atoms with Crippen molar-refractivity contribution in [3.63, 3.8) is 0 Å². The highest BCUT2D eigenvalue weighted by Gasteiger charge is 2.27. The topological polar surface area (TPSA) is 81.2 Å². The van der Waals surface area contributed by atoms with Crippen LogP contribution in [0.1, 0.15) is 24.0 Å². The summed E-state index contributed by atoms with van der Waals surface area (Å²) in [5.74, 6) is -0.223. The van der Waals surface area contributed by atoms with E-state index in [0.29, 0.717) is 18.8 Å². The fourth-order valence-corrected chi connectivity index (χ4v) is 4.00. The lowest BCUT2D eigenvalue weighted by atomic mass is 9.97. The lowest BCUT2D eigenvalue weighted by Crippen LogP contribution is -2.44. The van der Waals surface area contributed by atoms with E-state index < -0.39 is 0 Å². The van der Waals surface area contributed by atoms with Crippen molar-refractivity contribution in [3.05, 3.63) is 41.7 Å². The Morgan fingerprint density at radius 1 is 1.31 bits per heavy atom. The van der Waals surface area contributed by atoms with Crippen LogP contribution in [0.3, 0.4) is 0 Å². The van der Waals surface area contributed by atoms with Crippen molar-refractivity contribution < 1.29 is 9.59 Å². The second kappa shape index (κ2) is 7.95. The minimum absolute atomic E-state index is 0.0237. The van der Waals surface area contributed by atoms with Crippen molar-refractivity contribution in [1.29, 1.82) is 0 Å². The van der Waals surface area contributed by atoms with Crippen LogP contribution in [0.4, 0.5) is 0 Å². The molecule has 1 aliphatic heterocycles. The first-order valence-electron chi connectivity index (χ1n) is 8.76. The zero-order valence-electron chi connectivity index (χ0n) is 15.1. The maximum absolute atomic E-state index is 12.5. The number of hydrogen-bond donors (Lipinski definition) is 1. The molecule has 1 aromatic carbocycles. The van der Waals surface area contributed by atoms with E-state index in [4.69, 9.17) is 5.73 Å². The molecule has 1 atom stereocenters. The number of hydrogen-bond acceptors (Lipinski definition) is 4. The van der Waals surface area contributed by atoms with Gasteiger partial charge in [0.2, 0.25) is 11.8 Å². The van der Waals surface area contributed by atoms with Gasteiger partial charge in [0, 0.05) is 31.2 Å². The standard InChI is InChI=1S/C19H24N4O2S/c1-13-5-6-16(10-14(13)2)23-9-7-21-19(23)26-12-17(24)22-8-3-4-15(11-22)18(20)25/h5-7,9-10,15H,3-4,8,11-12H2,1-2H3,(H2,20,25). The van der Waals surface area contributed by atoms with Crippen LogP contribution < -0.4 is 5.73 Å². The number of aromatic nitrogens is 2. The quantitative estimate of drug-likeness (QED) is 0.817. The molecule has 138 valence electrons. The Bertz CT molecular complexity index is 818. The summed E-state index contributed by atoms with van der Waals surface area (Å²) in [7, 11) is 0. The molecule has 1 saturated heterocycles. The third-order valence-corrected chi connectivity index (χ3v) is 5.83. The molecule has 1 unspecified atom stereocenters. The van der Waals surface area contributed by atoms with Crippen molar-refractivity contribution in [2.75, 3.05) is 18.8 Å². The molecule has 7 heteroatoms. The highest BCUT2D eigenvalue weighted by atomic mass is 32.2. The first-order chi connectivity index (χ1) is 12.5. The predicted octanol–water partition coefficient (Wildman–Crippen LogP) is 2.31. The van der Waals surface area contributed by atoms with Crippen LogP contribution >= 0.6 is 11.8 Å². The van der Waals surface area contributed by atoms with E-state index in [0.717, 1.165) is 23.7 Å². The molecule has 1 fully saturated rings. The summed E-state index contributed by atoms with van der Waals surface area (Å²) in [6.07, 6.45) is 5.23. The maximum atomic E-state index is 12.5. The van der Waals surface area contributed by atoms with Crippen LogP contribution in [0.5, 0.6) is 0 Å². The molecule has 2 aromatic rings. The summed E-state index contributed by atoms with van der Waals surface area (Å²) in [5.41, 5.74) is 8.89. The van der Waals surface area contributed by atoms with E-state index >= 15 is 0 Å². The number of piperidine rings is 1. The molecule has 0 aliphatic carbocycles. The van der Waals surface area contributed by atoms with Crippen molar-refractivity contribution in [3.8, 4) is 5.69 Å². The fourth-order valence-electron chi connectivity index (χ4n) is 3.12. The minimum atomic E-state index is -0.319. The number of amides is 2. The minimum Gasteiger partial charge on any atom is -0.369 e. The second-order valence-electron chi connectivity index (χ2n) is 6.72. The van der Waals surface area contributed by atoms with Crippen LogP contribution in [-0.4, -0.2) is 45.1 Å². The Balaban J connectivity index is 1.65. The highest BCUT2D eigenvalue weighted by Crippen LogP contribution is 2.23. The van der Waals surface area contributed by atoms with Crippen LogP contribution in [0.25, 0.3) is 5.69 Å². The Hall–Kier alpha value is -2.28. The summed E-state index contributed by atoms with van der Waals surface area (Å²) in [5, 5.41) is 0.782. The van der Waals surface area contributed by atoms with E-state index in [1.165, 1.54) is 22.9 Å². The zero-order valence-corrected chi connectivity index (χ0v) is 16.0. The van der Waals surface area contributed by atoms with Gasteiger partial charge in [0.1, 0.15) is 0 Å². The van der Waals surface area contributed by atoms with Crippen molar-refractivity contribution in [2.45, 2.75) is 31.8 Å². The monoisotopic (exact) mass is 372 g/mol. The van der Waals surface area contributed by atoms with Crippen LogP contribution in [0.2, 0.25) is 0 Å². The Labute approximate surface area is 157 Å². The molecule has 2 amide bonds. The molecule has 26 heavy (non-hydrogen) atoms. The van der Waals surface area contributed by atoms with Gasteiger partial charge in [0.05, 0.1) is 11.7 Å². The number of imidazole rings is 1. The van der Waals surface area contributed by atoms with Gasteiger partial charge < -0.3 is 10.6 Å². The van der Waals surface area contributed by atoms with E-state index in [1.54, 1.807) is 11.1 Å². The molecule has 0 saturated carbocycles. The molecule has 1 aliphatic rings. The molecule has 3 rings (SSSR count). The van der Waals surface area contributed by atoms with Crippen LogP contribution in [0.15, 0.2) is 35.7 Å². The van der Waals surface area contributed by atoms with Gasteiger partial charge in [-0.1, -0.05) is 17.8 Å². The molecule has 0 spiro atoms. The highest BCUT2D eigenvalue weighted by molar-refractivity contribution is 7.99. The SMILES string of the molecule is Cc1ccc(-n2ccnc2SCC(=O)N2CCCC(C(N)=O)C2)cc1C. The van der Waals surface area contributed by atoms with Crippen molar-refractivity contribution in [2.24, 2.45) is 11.7 Å². The largest absolute Gasteiger partial charge is 0.369 e. The first kappa shape index (κ1) is 18.5. The number of nitrogens with zero attached hydrogens (tertiary/aromatic N) is 3. The maximum Gasteiger partial charge on any atom is 0.233 e. The van der Waals surface area contributed by atoms with E-state index in [-0.39, 0.29) is 17.7 Å². The van der Waals surface area contributed by atoms with Gasteiger partial charge in [-0.3, -0.25) is 14.2 Å². The van der Waals surface area contributed by atoms with E-state index in [2.05, 4.69) is 37.0 Å². The van der Waals surface area contributed by atoms with Crippen LogP contribution in [-0.2, 0) is 9.59 Å². The molecular formula is C19H24N4O2S. The summed E-state index contributed by atoms with van der Waals surface area (Å²) < 4.78 is 1.99. The lowest BCUT2D eigenvalue weighted by molar-refractivity contribution is -0.132. The Morgan fingerprint density at radius 3 is 2.85 bits per heavy atom. The van der Waals surface area contributed by atoms with Gasteiger partial charge in [0.15, 0.2) is 5.16 Å². The van der Waals surface area contributed by atoms with Gasteiger partial charge in [-0.25, -0.2) is 4.98 Å². The molecule has 6 nitrogen and oxygen atoms in total. The summed E-state index contributed by atoms with van der Waals surface area (Å²) >= 11 is 1.41. The number of carbonyl (C=O) groups excluding carboxylic acids is 2. The molecule has 0 radical (unpaired) electrons. The number of thioether (sulfide) groups is 1. The summed E-state index contributed by atoms with van der Waals surface area (Å²) in [6.45, 7) is 5.28. The molecule has 2 heterocycles. The fraction of sp³-hybridized carbons (Fsp3) is 0.421. The Morgan fingerprint density at radius 2 is 2.12 bits per heavy atom. The Kier molecular flexibility index (Phi) is 5.66. The second-order valence-corrected chi connectivity index (χ2v) is 7.66.